The quantitative estimate of drug-likeness (QED) is 0.788. The lowest BCUT2D eigenvalue weighted by molar-refractivity contribution is 0.0981. The Balaban J connectivity index is 1.98. The van der Waals surface area contributed by atoms with Crippen molar-refractivity contribution in [1.29, 1.82) is 0 Å². The molecular formula is C13H20N2O4S. The minimum atomic E-state index is -3.31. The van der Waals surface area contributed by atoms with Crippen LogP contribution in [0.25, 0.3) is 0 Å². The number of hydrogen-bond acceptors (Lipinski definition) is 5. The van der Waals surface area contributed by atoms with Gasteiger partial charge in [-0.15, -0.1) is 0 Å². The molecule has 0 spiro atoms. The number of sulfonamides is 1. The van der Waals surface area contributed by atoms with E-state index in [9.17, 15) is 8.42 Å². The molecule has 0 unspecified atom stereocenters. The summed E-state index contributed by atoms with van der Waals surface area (Å²) in [7, 11) is -1.77. The van der Waals surface area contributed by atoms with Crippen molar-refractivity contribution >= 4 is 15.7 Å². The molecule has 3 N–H and O–H groups in total. The second-order valence-electron chi connectivity index (χ2n) is 4.75. The van der Waals surface area contributed by atoms with E-state index in [4.69, 9.17) is 15.2 Å². The molecule has 0 saturated carbocycles. The van der Waals surface area contributed by atoms with E-state index >= 15 is 0 Å². The van der Waals surface area contributed by atoms with E-state index < -0.39 is 10.0 Å². The Hall–Kier alpha value is -1.31. The molecule has 1 saturated heterocycles. The van der Waals surface area contributed by atoms with Crippen LogP contribution in [0.4, 0.5) is 5.69 Å². The summed E-state index contributed by atoms with van der Waals surface area (Å²) in [6.07, 6.45) is 1.08. The van der Waals surface area contributed by atoms with Crippen LogP contribution in [0, 0.1) is 0 Å². The summed E-state index contributed by atoms with van der Waals surface area (Å²) in [6, 6.07) is 5.24. The van der Waals surface area contributed by atoms with Gasteiger partial charge in [0.2, 0.25) is 10.0 Å². The maximum absolute atomic E-state index is 12.1. The summed E-state index contributed by atoms with van der Waals surface area (Å²) in [5, 5.41) is -0.369. The number of nitrogens with one attached hydrogen (secondary N) is 1. The molecule has 1 fully saturated rings. The molecule has 0 atom stereocenters. The number of anilines is 1. The summed E-state index contributed by atoms with van der Waals surface area (Å²) in [4.78, 5) is 0. The molecule has 20 heavy (non-hydrogen) atoms. The number of rotatable bonds is 5. The molecule has 1 aromatic carbocycles. The van der Waals surface area contributed by atoms with Crippen LogP contribution in [-0.4, -0.2) is 34.0 Å². The molecule has 6 nitrogen and oxygen atoms in total. The van der Waals surface area contributed by atoms with Crippen LogP contribution in [0.3, 0.4) is 0 Å². The highest BCUT2D eigenvalue weighted by molar-refractivity contribution is 7.90. The zero-order valence-corrected chi connectivity index (χ0v) is 12.3. The van der Waals surface area contributed by atoms with Crippen LogP contribution in [0.5, 0.6) is 5.75 Å². The Morgan fingerprint density at radius 1 is 1.40 bits per heavy atom. The van der Waals surface area contributed by atoms with Crippen molar-refractivity contribution in [3.05, 3.63) is 23.8 Å². The molecule has 1 heterocycles. The first-order valence-corrected chi connectivity index (χ1v) is 8.06. The van der Waals surface area contributed by atoms with E-state index in [0.717, 1.165) is 5.56 Å². The molecule has 0 aromatic heterocycles. The first-order chi connectivity index (χ1) is 9.53. The van der Waals surface area contributed by atoms with Gasteiger partial charge in [-0.3, -0.25) is 0 Å². The van der Waals surface area contributed by atoms with Crippen molar-refractivity contribution in [3.63, 3.8) is 0 Å². The number of benzene rings is 1. The number of hydrogen-bond donors (Lipinski definition) is 2. The fourth-order valence-electron chi connectivity index (χ4n) is 2.18. The number of nitrogens with two attached hydrogens (primary N) is 1. The van der Waals surface area contributed by atoms with E-state index in [2.05, 4.69) is 4.72 Å². The molecule has 0 amide bonds. The van der Waals surface area contributed by atoms with Crippen molar-refractivity contribution < 1.29 is 17.9 Å². The smallest absolute Gasteiger partial charge is 0.214 e. The third-order valence-corrected chi connectivity index (χ3v) is 5.27. The summed E-state index contributed by atoms with van der Waals surface area (Å²) in [5.74, 6) is 0.584. The van der Waals surface area contributed by atoms with Crippen molar-refractivity contribution in [2.75, 3.05) is 26.1 Å². The second kappa shape index (κ2) is 6.43. The Labute approximate surface area is 119 Å². The largest absolute Gasteiger partial charge is 0.495 e. The third-order valence-electron chi connectivity index (χ3n) is 3.38. The van der Waals surface area contributed by atoms with Crippen LogP contribution < -0.4 is 15.2 Å². The second-order valence-corrected chi connectivity index (χ2v) is 6.80. The van der Waals surface area contributed by atoms with Gasteiger partial charge >= 0.3 is 0 Å². The molecule has 0 bridgehead atoms. The van der Waals surface area contributed by atoms with Crippen LogP contribution in [0.2, 0.25) is 0 Å². The lowest BCUT2D eigenvalue weighted by Crippen LogP contribution is -2.37. The monoisotopic (exact) mass is 300 g/mol. The Bertz CT molecular complexity index is 553. The Morgan fingerprint density at radius 3 is 2.70 bits per heavy atom. The number of ether oxygens (including phenoxy) is 2. The zero-order chi connectivity index (χ0) is 14.6. The highest BCUT2D eigenvalue weighted by Crippen LogP contribution is 2.22. The minimum Gasteiger partial charge on any atom is -0.495 e. The summed E-state index contributed by atoms with van der Waals surface area (Å²) in [5.41, 5.74) is 7.10. The number of nitrogen functional groups attached to an aromatic ring is 1. The molecule has 0 aliphatic carbocycles. The third kappa shape index (κ3) is 3.62. The van der Waals surface area contributed by atoms with Crippen molar-refractivity contribution in [3.8, 4) is 5.75 Å². The fraction of sp³-hybridized carbons (Fsp3) is 0.538. The van der Waals surface area contributed by atoms with Gasteiger partial charge in [0.05, 0.1) is 18.0 Å². The van der Waals surface area contributed by atoms with E-state index in [0.29, 0.717) is 37.5 Å². The van der Waals surface area contributed by atoms with Crippen LogP contribution in [-0.2, 0) is 21.3 Å². The lowest BCUT2D eigenvalue weighted by atomic mass is 10.2. The predicted molar refractivity (Wildman–Crippen MR) is 77.0 cm³/mol. The van der Waals surface area contributed by atoms with Gasteiger partial charge in [-0.25, -0.2) is 13.1 Å². The van der Waals surface area contributed by atoms with E-state index in [-0.39, 0.29) is 11.8 Å². The molecule has 0 radical (unpaired) electrons. The lowest BCUT2D eigenvalue weighted by Gasteiger charge is -2.22. The van der Waals surface area contributed by atoms with Gasteiger partial charge in [0.1, 0.15) is 5.75 Å². The molecule has 1 aromatic rings. The minimum absolute atomic E-state index is 0.230. The normalized spacial score (nSPS) is 17.1. The molecule has 2 rings (SSSR count). The van der Waals surface area contributed by atoms with Gasteiger partial charge in [0.25, 0.3) is 0 Å². The topological polar surface area (TPSA) is 90.6 Å². The Morgan fingerprint density at radius 2 is 2.10 bits per heavy atom. The van der Waals surface area contributed by atoms with E-state index in [1.807, 2.05) is 0 Å². The summed E-state index contributed by atoms with van der Waals surface area (Å²) >= 11 is 0. The zero-order valence-electron chi connectivity index (χ0n) is 11.5. The van der Waals surface area contributed by atoms with Crippen LogP contribution >= 0.6 is 0 Å². The maximum Gasteiger partial charge on any atom is 0.214 e. The van der Waals surface area contributed by atoms with Crippen LogP contribution in [0.15, 0.2) is 18.2 Å². The Kier molecular flexibility index (Phi) is 4.85. The molecule has 7 heteroatoms. The van der Waals surface area contributed by atoms with Gasteiger partial charge in [-0.1, -0.05) is 6.07 Å². The molecule has 1 aliphatic rings. The van der Waals surface area contributed by atoms with Crippen molar-refractivity contribution in [1.82, 2.24) is 4.72 Å². The molecular weight excluding hydrogens is 280 g/mol. The summed E-state index contributed by atoms with van der Waals surface area (Å²) < 4.78 is 37.2. The first kappa shape index (κ1) is 15.1. The predicted octanol–water partition coefficient (Wildman–Crippen LogP) is 0.876. The van der Waals surface area contributed by atoms with Crippen LogP contribution in [0.1, 0.15) is 18.4 Å². The van der Waals surface area contributed by atoms with Gasteiger partial charge in [-0.05, 0) is 30.5 Å². The standard InChI is InChI=1S/C13H20N2O4S/c1-18-13-3-2-10(8-12(13)14)9-15-20(16,17)11-4-6-19-7-5-11/h2-3,8,11,15H,4-7,9,14H2,1H3. The average molecular weight is 300 g/mol. The fourth-order valence-corrected chi connectivity index (χ4v) is 3.60. The first-order valence-electron chi connectivity index (χ1n) is 6.51. The molecule has 112 valence electrons. The van der Waals surface area contributed by atoms with Crippen molar-refractivity contribution in [2.24, 2.45) is 0 Å². The maximum atomic E-state index is 12.1. The average Bonchev–Trinajstić information content (AvgIpc) is 2.46. The molecule has 1 aliphatic heterocycles. The highest BCUT2D eigenvalue weighted by atomic mass is 32.2. The van der Waals surface area contributed by atoms with Crippen molar-refractivity contribution in [2.45, 2.75) is 24.6 Å². The van der Waals surface area contributed by atoms with Gasteiger partial charge in [0.15, 0.2) is 0 Å². The van der Waals surface area contributed by atoms with Gasteiger partial charge in [-0.2, -0.15) is 0 Å². The SMILES string of the molecule is COc1ccc(CNS(=O)(=O)C2CCOCC2)cc1N. The van der Waals surface area contributed by atoms with E-state index in [1.165, 1.54) is 0 Å². The van der Waals surface area contributed by atoms with Gasteiger partial charge in [0, 0.05) is 19.8 Å². The van der Waals surface area contributed by atoms with Gasteiger partial charge < -0.3 is 15.2 Å². The highest BCUT2D eigenvalue weighted by Gasteiger charge is 2.27. The van der Waals surface area contributed by atoms with E-state index in [1.54, 1.807) is 25.3 Å². The number of methoxy groups -OCH3 is 1. The summed E-state index contributed by atoms with van der Waals surface area (Å²) in [6.45, 7) is 1.23.